The molecule has 3 rings (SSSR count). The van der Waals surface area contributed by atoms with Crippen molar-refractivity contribution in [2.75, 3.05) is 5.73 Å². The first-order valence-electron chi connectivity index (χ1n) is 5.68. The molecule has 2 N–H and O–H groups in total. The normalized spacial score (nSPS) is 16.0. The molecule has 0 saturated heterocycles. The molecule has 0 amide bonds. The number of aryl methyl sites for hydroxylation is 1. The highest BCUT2D eigenvalue weighted by molar-refractivity contribution is 7.16. The summed E-state index contributed by atoms with van der Waals surface area (Å²) in [7, 11) is 0. The van der Waals surface area contributed by atoms with E-state index < -0.39 is 12.0 Å². The van der Waals surface area contributed by atoms with Crippen LogP contribution in [0.5, 0.6) is 0 Å². The zero-order valence-corrected chi connectivity index (χ0v) is 10.7. The van der Waals surface area contributed by atoms with Gasteiger partial charge in [-0.3, -0.25) is 0 Å². The van der Waals surface area contributed by atoms with Crippen molar-refractivity contribution in [3.8, 4) is 11.5 Å². The van der Waals surface area contributed by atoms with Gasteiger partial charge in [-0.2, -0.15) is 18.2 Å². The largest absolute Gasteiger partial charge is 0.455 e. The van der Waals surface area contributed by atoms with Crippen LogP contribution in [0.3, 0.4) is 0 Å². The molecule has 4 nitrogen and oxygen atoms in total. The molecule has 0 aliphatic heterocycles. The third-order valence-corrected chi connectivity index (χ3v) is 3.99. The van der Waals surface area contributed by atoms with Crippen molar-refractivity contribution in [1.29, 1.82) is 0 Å². The summed E-state index contributed by atoms with van der Waals surface area (Å²) in [4.78, 5) is 4.42. The summed E-state index contributed by atoms with van der Waals surface area (Å²) in [5, 5.41) is 3.40. The van der Waals surface area contributed by atoms with Gasteiger partial charge in [0.1, 0.15) is 0 Å². The van der Waals surface area contributed by atoms with Crippen molar-refractivity contribution in [2.24, 2.45) is 0 Å². The van der Waals surface area contributed by atoms with Crippen LogP contribution < -0.4 is 5.73 Å². The van der Waals surface area contributed by atoms with Gasteiger partial charge in [0, 0.05) is 4.88 Å². The number of nitrogen functional groups attached to an aromatic ring is 1. The second kappa shape index (κ2) is 3.96. The Morgan fingerprint density at radius 3 is 2.58 bits per heavy atom. The molecule has 2 aromatic heterocycles. The summed E-state index contributed by atoms with van der Waals surface area (Å²) < 4.78 is 42.2. The number of nitrogens with zero attached hydrogens (tertiary/aromatic N) is 2. The predicted octanol–water partition coefficient (Wildman–Crippen LogP) is 3.58. The summed E-state index contributed by atoms with van der Waals surface area (Å²) in [5.41, 5.74) is 7.31. The molecule has 0 radical (unpaired) electrons. The summed E-state index contributed by atoms with van der Waals surface area (Å²) in [6.45, 7) is 1.90. The molecule has 1 saturated carbocycles. The van der Waals surface area contributed by atoms with Crippen molar-refractivity contribution in [3.05, 3.63) is 16.3 Å². The Bertz CT molecular complexity index is 628. The van der Waals surface area contributed by atoms with Crippen molar-refractivity contribution in [2.45, 2.75) is 31.9 Å². The molecule has 19 heavy (non-hydrogen) atoms. The molecule has 0 unspecified atom stereocenters. The number of nitrogens with two attached hydrogens (primary N) is 1. The lowest BCUT2D eigenvalue weighted by molar-refractivity contribution is -0.146. The Morgan fingerprint density at radius 2 is 2.05 bits per heavy atom. The van der Waals surface area contributed by atoms with Crippen molar-refractivity contribution >= 4 is 16.3 Å². The van der Waals surface area contributed by atoms with Gasteiger partial charge in [0.2, 0.25) is 0 Å². The Balaban J connectivity index is 2.09. The van der Waals surface area contributed by atoms with Gasteiger partial charge in [0.15, 0.2) is 0 Å². The van der Waals surface area contributed by atoms with Crippen molar-refractivity contribution in [1.82, 2.24) is 10.1 Å². The SMILES string of the molecule is Cc1sc(N)c(-c2nc(C(F)(F)F)no2)c1C1CC1. The van der Waals surface area contributed by atoms with E-state index in [0.717, 1.165) is 23.3 Å². The van der Waals surface area contributed by atoms with Crippen LogP contribution in [0.4, 0.5) is 18.2 Å². The van der Waals surface area contributed by atoms with Gasteiger partial charge >= 0.3 is 6.18 Å². The molecule has 2 heterocycles. The smallest absolute Gasteiger partial charge is 0.390 e. The monoisotopic (exact) mass is 289 g/mol. The summed E-state index contributed by atoms with van der Waals surface area (Å²) in [6, 6.07) is 0. The molecule has 102 valence electrons. The Hall–Kier alpha value is -1.57. The first-order valence-corrected chi connectivity index (χ1v) is 6.49. The lowest BCUT2D eigenvalue weighted by Crippen LogP contribution is -2.07. The molecule has 0 bridgehead atoms. The molecule has 1 aliphatic rings. The van der Waals surface area contributed by atoms with E-state index in [1.54, 1.807) is 0 Å². The second-order valence-corrected chi connectivity index (χ2v) is 5.76. The minimum Gasteiger partial charge on any atom is -0.390 e. The number of hydrogen-bond acceptors (Lipinski definition) is 5. The van der Waals surface area contributed by atoms with E-state index in [4.69, 9.17) is 10.3 Å². The predicted molar refractivity (Wildman–Crippen MR) is 63.7 cm³/mol. The van der Waals surface area contributed by atoms with Gasteiger partial charge in [-0.05, 0) is 31.2 Å². The lowest BCUT2D eigenvalue weighted by atomic mass is 10.1. The summed E-state index contributed by atoms with van der Waals surface area (Å²) >= 11 is 1.34. The van der Waals surface area contributed by atoms with Gasteiger partial charge in [-0.25, -0.2) is 0 Å². The Labute approximate surface area is 110 Å². The van der Waals surface area contributed by atoms with Crippen LogP contribution in [0.15, 0.2) is 4.52 Å². The van der Waals surface area contributed by atoms with E-state index >= 15 is 0 Å². The second-order valence-electron chi connectivity index (χ2n) is 4.51. The minimum absolute atomic E-state index is 0.143. The van der Waals surface area contributed by atoms with Crippen LogP contribution >= 0.6 is 11.3 Å². The number of rotatable bonds is 2. The van der Waals surface area contributed by atoms with E-state index in [1.165, 1.54) is 11.3 Å². The summed E-state index contributed by atoms with van der Waals surface area (Å²) in [6.07, 6.45) is -2.57. The molecule has 2 aromatic rings. The number of alkyl halides is 3. The third-order valence-electron chi connectivity index (χ3n) is 3.04. The van der Waals surface area contributed by atoms with Crippen LogP contribution in [0, 0.1) is 6.92 Å². The van der Waals surface area contributed by atoms with Gasteiger partial charge in [0.05, 0.1) is 10.6 Å². The summed E-state index contributed by atoms with van der Waals surface area (Å²) in [5.74, 6) is -1.06. The van der Waals surface area contributed by atoms with Crippen LogP contribution in [0.25, 0.3) is 11.5 Å². The number of thiophene rings is 1. The number of anilines is 1. The van der Waals surface area contributed by atoms with Crippen LogP contribution in [0.2, 0.25) is 0 Å². The zero-order valence-electron chi connectivity index (χ0n) is 9.91. The van der Waals surface area contributed by atoms with Gasteiger partial charge in [0.25, 0.3) is 11.7 Å². The van der Waals surface area contributed by atoms with Gasteiger partial charge in [-0.15, -0.1) is 11.3 Å². The van der Waals surface area contributed by atoms with Crippen molar-refractivity contribution in [3.63, 3.8) is 0 Å². The quantitative estimate of drug-likeness (QED) is 0.917. The first kappa shape index (κ1) is 12.5. The van der Waals surface area contributed by atoms with Crippen molar-refractivity contribution < 1.29 is 17.7 Å². The van der Waals surface area contributed by atoms with E-state index in [0.29, 0.717) is 16.5 Å². The fraction of sp³-hybridized carbons (Fsp3) is 0.455. The van der Waals surface area contributed by atoms with Crippen LogP contribution in [0.1, 0.15) is 35.0 Å². The highest BCUT2D eigenvalue weighted by Crippen LogP contribution is 2.51. The number of hydrogen-bond donors (Lipinski definition) is 1. The molecular formula is C11H10F3N3OS. The standard InChI is InChI=1S/C11H10F3N3OS/c1-4-6(5-2-3-5)7(8(15)19-4)9-16-10(17-18-9)11(12,13)14/h5H,2-3,15H2,1H3. The fourth-order valence-corrected chi connectivity index (χ4v) is 3.11. The molecule has 0 atom stereocenters. The lowest BCUT2D eigenvalue weighted by Gasteiger charge is -2.00. The Kier molecular flexibility index (Phi) is 2.60. The van der Waals surface area contributed by atoms with E-state index in [9.17, 15) is 13.2 Å². The minimum atomic E-state index is -4.61. The molecular weight excluding hydrogens is 279 g/mol. The molecule has 0 spiro atoms. The molecule has 0 aromatic carbocycles. The Morgan fingerprint density at radius 1 is 1.37 bits per heavy atom. The van der Waals surface area contributed by atoms with Gasteiger partial charge in [-0.1, -0.05) is 5.16 Å². The average molecular weight is 289 g/mol. The fourth-order valence-electron chi connectivity index (χ4n) is 2.10. The maximum Gasteiger partial charge on any atom is 0.455 e. The van der Waals surface area contributed by atoms with E-state index in [2.05, 4.69) is 10.1 Å². The topological polar surface area (TPSA) is 64.9 Å². The van der Waals surface area contributed by atoms with E-state index in [1.807, 2.05) is 6.92 Å². The average Bonchev–Trinajstić information content (AvgIpc) is 2.90. The maximum atomic E-state index is 12.5. The van der Waals surface area contributed by atoms with Crippen LogP contribution in [-0.2, 0) is 6.18 Å². The number of aromatic nitrogens is 2. The number of halogens is 3. The maximum absolute atomic E-state index is 12.5. The molecule has 8 heteroatoms. The highest BCUT2D eigenvalue weighted by atomic mass is 32.1. The van der Waals surface area contributed by atoms with E-state index in [-0.39, 0.29) is 5.89 Å². The van der Waals surface area contributed by atoms with Crippen LogP contribution in [-0.4, -0.2) is 10.1 Å². The third kappa shape index (κ3) is 2.09. The molecule has 1 aliphatic carbocycles. The zero-order chi connectivity index (χ0) is 13.8. The first-order chi connectivity index (χ1) is 8.88. The van der Waals surface area contributed by atoms with Gasteiger partial charge < -0.3 is 10.3 Å². The highest BCUT2D eigenvalue weighted by Gasteiger charge is 2.39. The molecule has 1 fully saturated rings.